The summed E-state index contributed by atoms with van der Waals surface area (Å²) < 4.78 is 6.63. The zero-order chi connectivity index (χ0) is 13.8. The normalized spacial score (nSPS) is 10.5. The van der Waals surface area contributed by atoms with Crippen molar-refractivity contribution >= 4 is 39.1 Å². The molecule has 0 bridgehead atoms. The van der Waals surface area contributed by atoms with Crippen LogP contribution < -0.4 is 4.74 Å². The van der Waals surface area contributed by atoms with Crippen molar-refractivity contribution in [3.63, 3.8) is 0 Å². The van der Waals surface area contributed by atoms with Crippen molar-refractivity contribution in [1.82, 2.24) is 0 Å². The van der Waals surface area contributed by atoms with Gasteiger partial charge in [0.05, 0.1) is 16.7 Å². The summed E-state index contributed by atoms with van der Waals surface area (Å²) in [5.41, 5.74) is 1.66. The number of hydrogen-bond donors (Lipinski definition) is 1. The molecule has 0 unspecified atom stereocenters. The Bertz CT molecular complexity index is 564. The molecule has 0 aliphatic rings. The lowest BCUT2D eigenvalue weighted by molar-refractivity contribution is 0.281. The number of halogens is 3. The van der Waals surface area contributed by atoms with E-state index in [1.165, 1.54) is 0 Å². The van der Waals surface area contributed by atoms with Gasteiger partial charge in [-0.2, -0.15) is 0 Å². The van der Waals surface area contributed by atoms with Crippen molar-refractivity contribution < 1.29 is 9.84 Å². The molecule has 0 heterocycles. The topological polar surface area (TPSA) is 29.5 Å². The second-order valence-corrected chi connectivity index (χ2v) is 5.70. The lowest BCUT2D eigenvalue weighted by Crippen LogP contribution is -1.97. The van der Waals surface area contributed by atoms with Crippen molar-refractivity contribution in [1.29, 1.82) is 0 Å². The van der Waals surface area contributed by atoms with Gasteiger partial charge in [0.2, 0.25) is 0 Å². The standard InChI is InChI=1S/C14H11BrCl2O2/c15-11-3-1-2-9(4-11)8-19-14-12(16)5-10(7-18)6-13(14)17/h1-6,18H,7-8H2. The molecule has 2 rings (SSSR count). The van der Waals surface area contributed by atoms with Crippen LogP contribution >= 0.6 is 39.1 Å². The SMILES string of the molecule is OCc1cc(Cl)c(OCc2cccc(Br)c2)c(Cl)c1. The summed E-state index contributed by atoms with van der Waals surface area (Å²) >= 11 is 15.6. The fourth-order valence-corrected chi connectivity index (χ4v) is 2.71. The van der Waals surface area contributed by atoms with Gasteiger partial charge >= 0.3 is 0 Å². The number of aliphatic hydroxyl groups is 1. The lowest BCUT2D eigenvalue weighted by Gasteiger charge is -2.11. The Balaban J connectivity index is 2.16. The molecule has 0 atom stereocenters. The Hall–Kier alpha value is -0.740. The van der Waals surface area contributed by atoms with E-state index < -0.39 is 0 Å². The highest BCUT2D eigenvalue weighted by Crippen LogP contribution is 2.34. The van der Waals surface area contributed by atoms with E-state index in [1.807, 2.05) is 24.3 Å². The van der Waals surface area contributed by atoms with Gasteiger partial charge in [-0.05, 0) is 35.4 Å². The molecule has 0 aliphatic heterocycles. The number of ether oxygens (including phenoxy) is 1. The second-order valence-electron chi connectivity index (χ2n) is 3.97. The number of rotatable bonds is 4. The highest BCUT2D eigenvalue weighted by Gasteiger charge is 2.09. The van der Waals surface area contributed by atoms with Crippen LogP contribution in [0.3, 0.4) is 0 Å². The zero-order valence-electron chi connectivity index (χ0n) is 9.87. The van der Waals surface area contributed by atoms with Crippen LogP contribution in [0, 0.1) is 0 Å². The first kappa shape index (κ1) is 14.7. The largest absolute Gasteiger partial charge is 0.486 e. The van der Waals surface area contributed by atoms with E-state index >= 15 is 0 Å². The molecular formula is C14H11BrCl2O2. The van der Waals surface area contributed by atoms with Crippen LogP contribution in [0.5, 0.6) is 5.75 Å². The summed E-state index contributed by atoms with van der Waals surface area (Å²) in [4.78, 5) is 0. The first-order valence-electron chi connectivity index (χ1n) is 5.56. The average Bonchev–Trinajstić information content (AvgIpc) is 2.37. The Morgan fingerprint density at radius 1 is 1.05 bits per heavy atom. The predicted molar refractivity (Wildman–Crippen MR) is 80.9 cm³/mol. The molecule has 0 aliphatic carbocycles. The summed E-state index contributed by atoms with van der Waals surface area (Å²) in [7, 11) is 0. The van der Waals surface area contributed by atoms with E-state index in [9.17, 15) is 0 Å². The van der Waals surface area contributed by atoms with E-state index in [2.05, 4.69) is 15.9 Å². The molecule has 100 valence electrons. The predicted octanol–water partition coefficient (Wildman–Crippen LogP) is 4.83. The maximum Gasteiger partial charge on any atom is 0.156 e. The molecule has 0 spiro atoms. The summed E-state index contributed by atoms with van der Waals surface area (Å²) in [6.45, 7) is 0.267. The molecule has 2 nitrogen and oxygen atoms in total. The smallest absolute Gasteiger partial charge is 0.156 e. The van der Waals surface area contributed by atoms with Crippen LogP contribution in [0.1, 0.15) is 11.1 Å². The number of benzene rings is 2. The van der Waals surface area contributed by atoms with E-state index in [4.69, 9.17) is 33.0 Å². The highest BCUT2D eigenvalue weighted by atomic mass is 79.9. The molecule has 2 aromatic carbocycles. The quantitative estimate of drug-likeness (QED) is 0.845. The molecule has 0 amide bonds. The summed E-state index contributed by atoms with van der Waals surface area (Å²) in [6.07, 6.45) is 0. The minimum Gasteiger partial charge on any atom is -0.486 e. The van der Waals surface area contributed by atoms with Gasteiger partial charge in [0.25, 0.3) is 0 Å². The first-order valence-corrected chi connectivity index (χ1v) is 7.11. The molecule has 2 aromatic rings. The Morgan fingerprint density at radius 2 is 1.74 bits per heavy atom. The van der Waals surface area contributed by atoms with Gasteiger partial charge < -0.3 is 9.84 Å². The Kier molecular flexibility index (Phi) is 5.11. The molecule has 0 saturated heterocycles. The zero-order valence-corrected chi connectivity index (χ0v) is 13.0. The third kappa shape index (κ3) is 3.86. The monoisotopic (exact) mass is 360 g/mol. The molecular weight excluding hydrogens is 351 g/mol. The van der Waals surface area contributed by atoms with Gasteiger partial charge in [-0.25, -0.2) is 0 Å². The van der Waals surface area contributed by atoms with Crippen molar-refractivity contribution in [2.75, 3.05) is 0 Å². The number of hydrogen-bond acceptors (Lipinski definition) is 2. The average molecular weight is 362 g/mol. The third-order valence-corrected chi connectivity index (χ3v) is 3.57. The maximum absolute atomic E-state index is 9.05. The van der Waals surface area contributed by atoms with E-state index in [-0.39, 0.29) is 6.61 Å². The molecule has 0 saturated carbocycles. The van der Waals surface area contributed by atoms with Gasteiger partial charge in [0.15, 0.2) is 5.75 Å². The fourth-order valence-electron chi connectivity index (χ4n) is 1.62. The maximum atomic E-state index is 9.05. The van der Waals surface area contributed by atoms with Crippen LogP contribution in [-0.2, 0) is 13.2 Å². The van der Waals surface area contributed by atoms with Gasteiger partial charge in [-0.15, -0.1) is 0 Å². The van der Waals surface area contributed by atoms with Crippen LogP contribution in [0.15, 0.2) is 40.9 Å². The molecule has 1 N–H and O–H groups in total. The van der Waals surface area contributed by atoms with Gasteiger partial charge in [-0.3, -0.25) is 0 Å². The molecule has 5 heteroatoms. The van der Waals surface area contributed by atoms with E-state index in [0.29, 0.717) is 28.0 Å². The van der Waals surface area contributed by atoms with E-state index in [0.717, 1.165) is 10.0 Å². The van der Waals surface area contributed by atoms with Crippen molar-refractivity contribution in [3.05, 3.63) is 62.0 Å². The summed E-state index contributed by atoms with van der Waals surface area (Å²) in [6, 6.07) is 11.1. The Labute approximate surface area is 130 Å². The van der Waals surface area contributed by atoms with Gasteiger partial charge in [0, 0.05) is 4.47 Å². The summed E-state index contributed by atoms with van der Waals surface area (Å²) in [5.74, 6) is 0.431. The van der Waals surface area contributed by atoms with Crippen molar-refractivity contribution in [2.24, 2.45) is 0 Å². The minimum absolute atomic E-state index is 0.106. The van der Waals surface area contributed by atoms with Crippen LogP contribution in [0.25, 0.3) is 0 Å². The highest BCUT2D eigenvalue weighted by molar-refractivity contribution is 9.10. The molecule has 0 fully saturated rings. The first-order chi connectivity index (χ1) is 9.10. The third-order valence-electron chi connectivity index (χ3n) is 2.51. The lowest BCUT2D eigenvalue weighted by atomic mass is 10.2. The molecule has 0 radical (unpaired) electrons. The van der Waals surface area contributed by atoms with Crippen LogP contribution in [-0.4, -0.2) is 5.11 Å². The van der Waals surface area contributed by atoms with Crippen molar-refractivity contribution in [3.8, 4) is 5.75 Å². The van der Waals surface area contributed by atoms with E-state index in [1.54, 1.807) is 12.1 Å². The van der Waals surface area contributed by atoms with Crippen LogP contribution in [0.2, 0.25) is 10.0 Å². The van der Waals surface area contributed by atoms with Gasteiger partial charge in [0.1, 0.15) is 6.61 Å². The van der Waals surface area contributed by atoms with Crippen LogP contribution in [0.4, 0.5) is 0 Å². The van der Waals surface area contributed by atoms with Crippen molar-refractivity contribution in [2.45, 2.75) is 13.2 Å². The number of aliphatic hydroxyl groups excluding tert-OH is 1. The minimum atomic E-state index is -0.106. The summed E-state index contributed by atoms with van der Waals surface area (Å²) in [5, 5.41) is 9.84. The molecule has 0 aromatic heterocycles. The fraction of sp³-hybridized carbons (Fsp3) is 0.143. The molecule has 19 heavy (non-hydrogen) atoms. The Morgan fingerprint density at radius 3 is 2.32 bits per heavy atom. The van der Waals surface area contributed by atoms with Gasteiger partial charge in [-0.1, -0.05) is 51.3 Å². The second kappa shape index (κ2) is 6.62.